The largest absolute Gasteiger partial charge is 0.305 e. The number of para-hydroxylation sites is 1. The maximum Gasteiger partial charge on any atom is 0.159 e. The SMILES string of the molecule is c1ccc(-c2ncc(-n3c4ccccc4c4c5ccccc5c5sc6c7ccccc7c7ccccc7c6c5c43)c(-c3ccccc3)n2)cc1. The van der Waals surface area contributed by atoms with Gasteiger partial charge in [0.25, 0.3) is 0 Å². The van der Waals surface area contributed by atoms with E-state index < -0.39 is 0 Å². The molecular weight excluding hydrogens is 627 g/mol. The molecule has 3 nitrogen and oxygen atoms in total. The molecule has 0 atom stereocenters. The van der Waals surface area contributed by atoms with Gasteiger partial charge in [0.2, 0.25) is 0 Å². The van der Waals surface area contributed by atoms with Crippen LogP contribution in [-0.2, 0) is 0 Å². The van der Waals surface area contributed by atoms with Crippen molar-refractivity contribution in [2.75, 3.05) is 0 Å². The van der Waals surface area contributed by atoms with Crippen molar-refractivity contribution >= 4 is 85.6 Å². The highest BCUT2D eigenvalue weighted by molar-refractivity contribution is 7.28. The van der Waals surface area contributed by atoms with Crippen LogP contribution in [0.4, 0.5) is 0 Å². The van der Waals surface area contributed by atoms with Gasteiger partial charge < -0.3 is 4.57 Å². The van der Waals surface area contributed by atoms with Crippen LogP contribution in [0.2, 0.25) is 0 Å². The lowest BCUT2D eigenvalue weighted by atomic mass is 9.94. The molecule has 4 heteroatoms. The molecule has 0 fully saturated rings. The zero-order valence-corrected chi connectivity index (χ0v) is 27.7. The average molecular weight is 654 g/mol. The highest BCUT2D eigenvalue weighted by Gasteiger charge is 2.25. The number of hydrogen-bond donors (Lipinski definition) is 0. The maximum atomic E-state index is 5.34. The summed E-state index contributed by atoms with van der Waals surface area (Å²) in [6.07, 6.45) is 2.03. The maximum absolute atomic E-state index is 5.34. The number of thiophene rings is 1. The Morgan fingerprint density at radius 2 is 0.920 bits per heavy atom. The first-order valence-electron chi connectivity index (χ1n) is 16.9. The second kappa shape index (κ2) is 10.6. The van der Waals surface area contributed by atoms with E-state index in [2.05, 4.69) is 144 Å². The topological polar surface area (TPSA) is 30.7 Å². The molecular formula is C46H27N3S. The van der Waals surface area contributed by atoms with Crippen LogP contribution in [0.1, 0.15) is 0 Å². The van der Waals surface area contributed by atoms with Crippen LogP contribution in [0.15, 0.2) is 164 Å². The van der Waals surface area contributed by atoms with E-state index in [9.17, 15) is 0 Å². The van der Waals surface area contributed by atoms with Gasteiger partial charge in [-0.3, -0.25) is 0 Å². The molecule has 11 aromatic rings. The summed E-state index contributed by atoms with van der Waals surface area (Å²) in [5.74, 6) is 0.711. The molecule has 0 amide bonds. The lowest BCUT2D eigenvalue weighted by molar-refractivity contribution is 1.09. The molecule has 0 spiro atoms. The Morgan fingerprint density at radius 1 is 0.420 bits per heavy atom. The number of nitrogens with zero attached hydrogens (tertiary/aromatic N) is 3. The lowest BCUT2D eigenvalue weighted by Gasteiger charge is -2.15. The van der Waals surface area contributed by atoms with E-state index >= 15 is 0 Å². The Morgan fingerprint density at radius 3 is 1.62 bits per heavy atom. The van der Waals surface area contributed by atoms with Gasteiger partial charge >= 0.3 is 0 Å². The van der Waals surface area contributed by atoms with Crippen LogP contribution in [-0.4, -0.2) is 14.5 Å². The monoisotopic (exact) mass is 653 g/mol. The number of hydrogen-bond acceptors (Lipinski definition) is 3. The highest BCUT2D eigenvalue weighted by Crippen LogP contribution is 2.51. The van der Waals surface area contributed by atoms with E-state index in [1.54, 1.807) is 0 Å². The molecule has 0 aliphatic rings. The van der Waals surface area contributed by atoms with Crippen molar-refractivity contribution < 1.29 is 0 Å². The average Bonchev–Trinajstić information content (AvgIpc) is 3.76. The Bertz CT molecular complexity index is 3140. The minimum Gasteiger partial charge on any atom is -0.305 e. The third-order valence-electron chi connectivity index (χ3n) is 10.2. The summed E-state index contributed by atoms with van der Waals surface area (Å²) >= 11 is 1.92. The third kappa shape index (κ3) is 3.79. The molecule has 3 heterocycles. The molecule has 8 aromatic carbocycles. The fourth-order valence-corrected chi connectivity index (χ4v) is 9.51. The molecule has 3 aromatic heterocycles. The summed E-state index contributed by atoms with van der Waals surface area (Å²) in [7, 11) is 0. The Hall–Kier alpha value is -6.36. The van der Waals surface area contributed by atoms with Crippen molar-refractivity contribution in [2.45, 2.75) is 0 Å². The van der Waals surface area contributed by atoms with Gasteiger partial charge in [0.15, 0.2) is 5.82 Å². The van der Waals surface area contributed by atoms with Crippen molar-refractivity contribution in [3.05, 3.63) is 164 Å². The molecule has 0 aliphatic heterocycles. The van der Waals surface area contributed by atoms with Crippen LogP contribution < -0.4 is 0 Å². The number of rotatable bonds is 3. The predicted octanol–water partition coefficient (Wildman–Crippen LogP) is 12.7. The fourth-order valence-electron chi connectivity index (χ4n) is 8.12. The van der Waals surface area contributed by atoms with Crippen LogP contribution in [0.3, 0.4) is 0 Å². The van der Waals surface area contributed by atoms with E-state index in [0.717, 1.165) is 28.0 Å². The Kier molecular flexibility index (Phi) is 5.83. The molecule has 0 aliphatic carbocycles. The van der Waals surface area contributed by atoms with E-state index in [4.69, 9.17) is 9.97 Å². The van der Waals surface area contributed by atoms with Gasteiger partial charge in [0.05, 0.1) is 28.6 Å². The summed E-state index contributed by atoms with van der Waals surface area (Å²) in [4.78, 5) is 10.4. The highest BCUT2D eigenvalue weighted by atomic mass is 32.1. The zero-order valence-electron chi connectivity index (χ0n) is 26.8. The molecule has 0 N–H and O–H groups in total. The standard InChI is InChI=1S/C46H27N3S/c1-3-15-28(16-4-1)42-38(27-47-46(48-42)29-17-5-2-6-18-29)49-37-26-14-13-25-36(37)39-33-22-10-12-24-35(33)45-41(43(39)49)40-32-21-9-7-19-30(32)31-20-8-11-23-34(31)44(40)50-45/h1-27H. The minimum absolute atomic E-state index is 0.711. The first kappa shape index (κ1) is 27.6. The molecule has 0 saturated heterocycles. The second-order valence-electron chi connectivity index (χ2n) is 12.9. The van der Waals surface area contributed by atoms with Gasteiger partial charge in [-0.25, -0.2) is 9.97 Å². The number of benzene rings is 8. The molecule has 232 valence electrons. The van der Waals surface area contributed by atoms with Crippen LogP contribution in [0.25, 0.3) is 103 Å². The number of fused-ring (bicyclic) bond motifs is 15. The van der Waals surface area contributed by atoms with Gasteiger partial charge in [-0.15, -0.1) is 11.3 Å². The van der Waals surface area contributed by atoms with Crippen LogP contribution >= 0.6 is 11.3 Å². The second-order valence-corrected chi connectivity index (χ2v) is 13.9. The Balaban J connectivity index is 1.41. The minimum atomic E-state index is 0.711. The summed E-state index contributed by atoms with van der Waals surface area (Å²) in [5.41, 5.74) is 6.24. The van der Waals surface area contributed by atoms with Crippen LogP contribution in [0, 0.1) is 0 Å². The van der Waals surface area contributed by atoms with Crippen molar-refractivity contribution in [1.29, 1.82) is 0 Å². The normalized spacial score (nSPS) is 12.0. The number of aromatic nitrogens is 3. The van der Waals surface area contributed by atoms with Crippen molar-refractivity contribution in [1.82, 2.24) is 14.5 Å². The van der Waals surface area contributed by atoms with E-state index in [0.29, 0.717) is 5.82 Å². The lowest BCUT2D eigenvalue weighted by Crippen LogP contribution is -2.03. The third-order valence-corrected chi connectivity index (χ3v) is 11.5. The molecule has 0 radical (unpaired) electrons. The molecule has 50 heavy (non-hydrogen) atoms. The van der Waals surface area contributed by atoms with Crippen molar-refractivity contribution in [2.24, 2.45) is 0 Å². The van der Waals surface area contributed by atoms with Gasteiger partial charge in [-0.2, -0.15) is 0 Å². The van der Waals surface area contributed by atoms with E-state index in [1.807, 2.05) is 35.7 Å². The smallest absolute Gasteiger partial charge is 0.159 e. The molecule has 0 saturated carbocycles. The fraction of sp³-hybridized carbons (Fsp3) is 0. The van der Waals surface area contributed by atoms with Crippen molar-refractivity contribution in [3.63, 3.8) is 0 Å². The van der Waals surface area contributed by atoms with Gasteiger partial charge in [-0.1, -0.05) is 152 Å². The summed E-state index contributed by atoms with van der Waals surface area (Å²) < 4.78 is 5.08. The van der Waals surface area contributed by atoms with E-state index in [1.165, 1.54) is 68.8 Å². The summed E-state index contributed by atoms with van der Waals surface area (Å²) in [6.45, 7) is 0. The first-order valence-corrected chi connectivity index (χ1v) is 17.7. The summed E-state index contributed by atoms with van der Waals surface area (Å²) in [6, 6.07) is 56.4. The molecule has 11 rings (SSSR count). The van der Waals surface area contributed by atoms with Crippen molar-refractivity contribution in [3.8, 4) is 28.3 Å². The Labute approximate surface area is 291 Å². The van der Waals surface area contributed by atoms with E-state index in [-0.39, 0.29) is 0 Å². The van der Waals surface area contributed by atoms with Gasteiger partial charge in [-0.05, 0) is 27.6 Å². The first-order chi connectivity index (χ1) is 24.8. The zero-order chi connectivity index (χ0) is 32.8. The summed E-state index contributed by atoms with van der Waals surface area (Å²) in [5, 5.41) is 12.7. The van der Waals surface area contributed by atoms with Gasteiger partial charge in [0, 0.05) is 52.8 Å². The quantitative estimate of drug-likeness (QED) is 0.178. The molecule has 0 bridgehead atoms. The van der Waals surface area contributed by atoms with Crippen LogP contribution in [0.5, 0.6) is 0 Å². The van der Waals surface area contributed by atoms with Gasteiger partial charge in [0.1, 0.15) is 0 Å². The molecule has 0 unspecified atom stereocenters. The predicted molar refractivity (Wildman–Crippen MR) is 213 cm³/mol.